The van der Waals surface area contributed by atoms with Crippen molar-refractivity contribution in [3.63, 3.8) is 0 Å². The third-order valence-corrected chi connectivity index (χ3v) is 6.20. The van der Waals surface area contributed by atoms with Gasteiger partial charge in [-0.1, -0.05) is 48.5 Å². The van der Waals surface area contributed by atoms with Crippen molar-refractivity contribution in [2.45, 2.75) is 17.9 Å². The lowest BCUT2D eigenvalue weighted by molar-refractivity contribution is -0.120. The molecule has 1 atom stereocenters. The van der Waals surface area contributed by atoms with E-state index in [1.54, 1.807) is 14.0 Å². The molecular weight excluding hydrogens is 400 g/mol. The van der Waals surface area contributed by atoms with Crippen molar-refractivity contribution in [2.24, 2.45) is 0 Å². The molecule has 0 aromatic heterocycles. The summed E-state index contributed by atoms with van der Waals surface area (Å²) in [6.45, 7) is 1.64. The molecule has 1 amide bonds. The summed E-state index contributed by atoms with van der Waals surface area (Å²) in [5.41, 5.74) is 1.65. The number of rotatable bonds is 8. The van der Waals surface area contributed by atoms with E-state index in [0.29, 0.717) is 5.75 Å². The highest BCUT2D eigenvalue weighted by Gasteiger charge is 2.18. The van der Waals surface area contributed by atoms with Gasteiger partial charge >= 0.3 is 0 Å². The third-order valence-electron chi connectivity index (χ3n) is 4.65. The Labute approximate surface area is 177 Å². The Morgan fingerprint density at radius 2 is 1.50 bits per heavy atom. The zero-order chi connectivity index (χ0) is 21.6. The van der Waals surface area contributed by atoms with Gasteiger partial charge in [-0.15, -0.1) is 0 Å². The zero-order valence-corrected chi connectivity index (χ0v) is 17.7. The van der Waals surface area contributed by atoms with Gasteiger partial charge in [0.2, 0.25) is 10.0 Å². The number of hydrogen-bond acceptors (Lipinski definition) is 4. The Morgan fingerprint density at radius 3 is 2.10 bits per heavy atom. The molecule has 0 aliphatic carbocycles. The van der Waals surface area contributed by atoms with Crippen molar-refractivity contribution in [2.75, 3.05) is 18.6 Å². The van der Waals surface area contributed by atoms with Gasteiger partial charge in [0.25, 0.3) is 5.91 Å². The van der Waals surface area contributed by atoms with Crippen molar-refractivity contribution in [3.05, 3.63) is 90.5 Å². The second-order valence-corrected chi connectivity index (χ2v) is 8.52. The Bertz CT molecular complexity index is 1070. The van der Waals surface area contributed by atoms with Gasteiger partial charge < -0.3 is 9.64 Å². The number of likely N-dealkylation sites (N-methyl/N-ethyl adjacent to an activating group) is 1. The number of nitrogens with one attached hydrogen (secondary N) is 1. The van der Waals surface area contributed by atoms with Crippen molar-refractivity contribution in [1.82, 2.24) is 4.72 Å². The van der Waals surface area contributed by atoms with Crippen LogP contribution in [0.3, 0.4) is 0 Å². The van der Waals surface area contributed by atoms with Gasteiger partial charge in [-0.2, -0.15) is 0 Å². The van der Waals surface area contributed by atoms with Crippen LogP contribution in [0.2, 0.25) is 0 Å². The number of hydrogen-bond donors (Lipinski definition) is 1. The van der Waals surface area contributed by atoms with Crippen LogP contribution in [-0.4, -0.2) is 28.0 Å². The molecule has 30 heavy (non-hydrogen) atoms. The quantitative estimate of drug-likeness (QED) is 0.597. The molecule has 156 valence electrons. The maximum Gasteiger partial charge on any atom is 0.264 e. The predicted molar refractivity (Wildman–Crippen MR) is 117 cm³/mol. The van der Waals surface area contributed by atoms with Crippen LogP contribution < -0.4 is 14.4 Å². The van der Waals surface area contributed by atoms with Gasteiger partial charge in [-0.25, -0.2) is 13.1 Å². The Hall–Kier alpha value is -3.16. The number of carbonyl (C=O) groups excluding carboxylic acids is 1. The van der Waals surface area contributed by atoms with Crippen LogP contribution >= 0.6 is 0 Å². The molecule has 0 radical (unpaired) electrons. The summed E-state index contributed by atoms with van der Waals surface area (Å²) in [5.74, 6) is 0.205. The summed E-state index contributed by atoms with van der Waals surface area (Å²) < 4.78 is 33.4. The summed E-state index contributed by atoms with van der Waals surface area (Å²) >= 11 is 0. The van der Waals surface area contributed by atoms with Crippen molar-refractivity contribution in [3.8, 4) is 5.75 Å². The first-order valence-corrected chi connectivity index (χ1v) is 11.0. The fourth-order valence-corrected chi connectivity index (χ4v) is 4.10. The van der Waals surface area contributed by atoms with Crippen LogP contribution in [0.5, 0.6) is 5.75 Å². The van der Waals surface area contributed by atoms with E-state index in [1.807, 2.05) is 60.7 Å². The van der Waals surface area contributed by atoms with E-state index < -0.39 is 10.0 Å². The molecular formula is C23H24N2O4S. The number of carbonyl (C=O) groups is 1. The molecule has 3 aromatic rings. The summed E-state index contributed by atoms with van der Waals surface area (Å²) in [6.07, 6.45) is 0. The predicted octanol–water partition coefficient (Wildman–Crippen LogP) is 3.77. The molecule has 0 aliphatic heterocycles. The van der Waals surface area contributed by atoms with Gasteiger partial charge in [0.05, 0.1) is 4.90 Å². The molecule has 0 bridgehead atoms. The van der Waals surface area contributed by atoms with Gasteiger partial charge in [0.1, 0.15) is 5.75 Å². The highest BCUT2D eigenvalue weighted by Crippen LogP contribution is 2.20. The van der Waals surface area contributed by atoms with Crippen molar-refractivity contribution in [1.29, 1.82) is 0 Å². The number of amides is 1. The average molecular weight is 425 g/mol. The Balaban J connectivity index is 1.59. The molecule has 0 fully saturated rings. The second-order valence-electron chi connectivity index (χ2n) is 6.80. The molecule has 0 aliphatic rings. The first-order valence-electron chi connectivity index (χ1n) is 9.48. The Morgan fingerprint density at radius 1 is 0.933 bits per heavy atom. The number of benzene rings is 3. The highest BCUT2D eigenvalue weighted by atomic mass is 32.2. The number of anilines is 1. The highest BCUT2D eigenvalue weighted by molar-refractivity contribution is 7.89. The second kappa shape index (κ2) is 9.56. The average Bonchev–Trinajstić information content (AvgIpc) is 2.78. The minimum Gasteiger partial charge on any atom is -0.484 e. The number of para-hydroxylation sites is 1. The maximum absolute atomic E-state index is 12.6. The van der Waals surface area contributed by atoms with E-state index in [4.69, 9.17) is 4.74 Å². The van der Waals surface area contributed by atoms with Gasteiger partial charge in [-0.3, -0.25) is 4.79 Å². The van der Waals surface area contributed by atoms with Crippen LogP contribution in [0.4, 0.5) is 5.69 Å². The topological polar surface area (TPSA) is 75.7 Å². The van der Waals surface area contributed by atoms with Crippen LogP contribution in [-0.2, 0) is 14.8 Å². The van der Waals surface area contributed by atoms with Crippen molar-refractivity contribution < 1.29 is 17.9 Å². The van der Waals surface area contributed by atoms with E-state index in [2.05, 4.69) is 4.72 Å². The lowest BCUT2D eigenvalue weighted by Gasteiger charge is -2.17. The SMILES string of the molecule is CC(NS(=O)(=O)c1ccc(OCC(=O)N(C)c2ccccc2)cc1)c1ccccc1. The van der Waals surface area contributed by atoms with Crippen molar-refractivity contribution >= 4 is 21.6 Å². The fourth-order valence-electron chi connectivity index (χ4n) is 2.86. The van der Waals surface area contributed by atoms with Crippen LogP contribution in [0.1, 0.15) is 18.5 Å². The minimum atomic E-state index is -3.69. The lowest BCUT2D eigenvalue weighted by Crippen LogP contribution is -2.31. The smallest absolute Gasteiger partial charge is 0.264 e. The molecule has 1 N–H and O–H groups in total. The van der Waals surface area contributed by atoms with E-state index in [1.165, 1.54) is 29.2 Å². The van der Waals surface area contributed by atoms with Crippen LogP contribution in [0.25, 0.3) is 0 Å². The third kappa shape index (κ3) is 5.46. The fraction of sp³-hybridized carbons (Fsp3) is 0.174. The molecule has 0 spiro atoms. The summed E-state index contributed by atoms with van der Waals surface area (Å²) in [5, 5.41) is 0. The largest absolute Gasteiger partial charge is 0.484 e. The molecule has 7 heteroatoms. The standard InChI is InChI=1S/C23H24N2O4S/c1-18(19-9-5-3-6-10-19)24-30(27,28)22-15-13-21(14-16-22)29-17-23(26)25(2)20-11-7-4-8-12-20/h3-16,18,24H,17H2,1-2H3. The van der Waals surface area contributed by atoms with Crippen LogP contribution in [0, 0.1) is 0 Å². The molecule has 0 heterocycles. The van der Waals surface area contributed by atoms with E-state index >= 15 is 0 Å². The molecule has 3 aromatic carbocycles. The summed E-state index contributed by atoms with van der Waals surface area (Å²) in [4.78, 5) is 13.9. The molecule has 0 saturated heterocycles. The Kier molecular flexibility index (Phi) is 6.87. The van der Waals surface area contributed by atoms with Gasteiger partial charge in [-0.05, 0) is 48.9 Å². The zero-order valence-electron chi connectivity index (χ0n) is 16.9. The van der Waals surface area contributed by atoms with E-state index in [-0.39, 0.29) is 23.5 Å². The molecule has 1 unspecified atom stereocenters. The van der Waals surface area contributed by atoms with E-state index in [0.717, 1.165) is 11.3 Å². The molecule has 6 nitrogen and oxygen atoms in total. The van der Waals surface area contributed by atoms with Gasteiger partial charge in [0, 0.05) is 18.8 Å². The number of nitrogens with zero attached hydrogens (tertiary/aromatic N) is 1. The van der Waals surface area contributed by atoms with E-state index in [9.17, 15) is 13.2 Å². The van der Waals surface area contributed by atoms with Gasteiger partial charge in [0.15, 0.2) is 6.61 Å². The lowest BCUT2D eigenvalue weighted by atomic mass is 10.1. The number of sulfonamides is 1. The van der Waals surface area contributed by atoms with Crippen LogP contribution in [0.15, 0.2) is 89.8 Å². The maximum atomic E-state index is 12.6. The first-order chi connectivity index (χ1) is 14.4. The monoisotopic (exact) mass is 424 g/mol. The summed E-state index contributed by atoms with van der Waals surface area (Å²) in [6, 6.07) is 24.2. The molecule has 0 saturated carbocycles. The number of ether oxygens (including phenoxy) is 1. The normalized spacial score (nSPS) is 12.2. The first kappa shape index (κ1) is 21.5. The minimum absolute atomic E-state index is 0.130. The summed E-state index contributed by atoms with van der Waals surface area (Å²) in [7, 11) is -2.01. The molecule has 3 rings (SSSR count).